The minimum absolute atomic E-state index is 0.0297. The summed E-state index contributed by atoms with van der Waals surface area (Å²) in [5, 5.41) is 0.508. The lowest BCUT2D eigenvalue weighted by Gasteiger charge is -2.30. The highest BCUT2D eigenvalue weighted by Gasteiger charge is 2.33. The van der Waals surface area contributed by atoms with Crippen molar-refractivity contribution in [2.24, 2.45) is 0 Å². The number of halogens is 1. The summed E-state index contributed by atoms with van der Waals surface area (Å²) < 4.78 is 16.3. The van der Waals surface area contributed by atoms with Crippen LogP contribution in [0.4, 0.5) is 26.7 Å². The van der Waals surface area contributed by atoms with Crippen LogP contribution in [0.5, 0.6) is 5.75 Å². The van der Waals surface area contributed by atoms with Crippen LogP contribution in [-0.4, -0.2) is 54.4 Å². The van der Waals surface area contributed by atoms with E-state index in [-0.39, 0.29) is 12.5 Å². The van der Waals surface area contributed by atoms with E-state index < -0.39 is 23.4 Å². The Kier molecular flexibility index (Phi) is 9.78. The Morgan fingerprint density at radius 2 is 1.41 bits per heavy atom. The molecule has 0 radical (unpaired) electrons. The lowest BCUT2D eigenvalue weighted by Crippen LogP contribution is -2.44. The van der Waals surface area contributed by atoms with Crippen molar-refractivity contribution in [2.75, 3.05) is 30.0 Å². The first-order valence-corrected chi connectivity index (χ1v) is 14.9. The van der Waals surface area contributed by atoms with Gasteiger partial charge in [0.25, 0.3) is 5.91 Å². The fourth-order valence-corrected chi connectivity index (χ4v) is 4.97. The minimum Gasteiger partial charge on any atom is -0.497 e. The Bertz CT molecular complexity index is 1480. The molecule has 3 amide bonds. The standard InChI is InChI=1S/C34H40ClN3O6/c1-33(2,3)43-31(40)37(32(41)44-34(4,5)6)20-10-19-36-27-12-9-8-11-26(27)30(39)38(28-18-15-24(35)21-29(28)36)22-23-13-16-25(42-7)17-14-23/h8-9,11-18,21H,10,19-20,22H2,1-7H3. The van der Waals surface area contributed by atoms with Crippen LogP contribution in [0.15, 0.2) is 66.7 Å². The van der Waals surface area contributed by atoms with E-state index in [9.17, 15) is 14.4 Å². The molecule has 1 heterocycles. The fourth-order valence-electron chi connectivity index (χ4n) is 4.80. The molecule has 234 valence electrons. The van der Waals surface area contributed by atoms with Gasteiger partial charge in [0.2, 0.25) is 0 Å². The number of hydrogen-bond acceptors (Lipinski definition) is 7. The predicted molar refractivity (Wildman–Crippen MR) is 172 cm³/mol. The number of hydrogen-bond donors (Lipinski definition) is 0. The van der Waals surface area contributed by atoms with Crippen LogP contribution in [0.2, 0.25) is 5.02 Å². The van der Waals surface area contributed by atoms with Crippen LogP contribution in [0.1, 0.15) is 63.9 Å². The van der Waals surface area contributed by atoms with E-state index in [1.54, 1.807) is 65.7 Å². The molecular formula is C34H40ClN3O6. The number of ether oxygens (including phenoxy) is 3. The van der Waals surface area contributed by atoms with Gasteiger partial charge >= 0.3 is 12.2 Å². The Morgan fingerprint density at radius 1 is 0.795 bits per heavy atom. The maximum absolute atomic E-state index is 14.1. The monoisotopic (exact) mass is 621 g/mol. The molecule has 3 aromatic rings. The summed E-state index contributed by atoms with van der Waals surface area (Å²) in [6, 6.07) is 20.4. The molecule has 0 saturated carbocycles. The second-order valence-corrected chi connectivity index (χ2v) is 12.9. The molecule has 10 heteroatoms. The number of imide groups is 1. The van der Waals surface area contributed by atoms with Gasteiger partial charge in [-0.2, -0.15) is 0 Å². The van der Waals surface area contributed by atoms with Crippen LogP contribution >= 0.6 is 11.6 Å². The summed E-state index contributed by atoms with van der Waals surface area (Å²) in [7, 11) is 1.61. The Hall–Kier alpha value is -4.24. The molecule has 0 atom stereocenters. The summed E-state index contributed by atoms with van der Waals surface area (Å²) in [6.45, 7) is 11.1. The number of para-hydroxylation sites is 1. The van der Waals surface area contributed by atoms with Crippen molar-refractivity contribution in [3.8, 4) is 5.75 Å². The van der Waals surface area contributed by atoms with Gasteiger partial charge in [-0.25, -0.2) is 14.5 Å². The van der Waals surface area contributed by atoms with E-state index in [1.165, 1.54) is 0 Å². The van der Waals surface area contributed by atoms with Gasteiger partial charge in [-0.05, 0) is 96.0 Å². The number of anilines is 3. The number of rotatable bonds is 7. The molecule has 0 fully saturated rings. The van der Waals surface area contributed by atoms with E-state index in [0.717, 1.165) is 21.9 Å². The molecule has 0 aromatic heterocycles. The van der Waals surface area contributed by atoms with Crippen molar-refractivity contribution in [1.29, 1.82) is 0 Å². The van der Waals surface area contributed by atoms with Crippen molar-refractivity contribution in [3.63, 3.8) is 0 Å². The van der Waals surface area contributed by atoms with Crippen molar-refractivity contribution < 1.29 is 28.6 Å². The predicted octanol–water partition coefficient (Wildman–Crippen LogP) is 8.21. The van der Waals surface area contributed by atoms with Crippen LogP contribution in [-0.2, 0) is 16.0 Å². The van der Waals surface area contributed by atoms with E-state index in [0.29, 0.717) is 41.5 Å². The number of amides is 3. The molecule has 0 aliphatic carbocycles. The average molecular weight is 622 g/mol. The molecule has 4 rings (SSSR count). The van der Waals surface area contributed by atoms with Crippen molar-refractivity contribution in [3.05, 3.63) is 82.9 Å². The zero-order valence-electron chi connectivity index (χ0n) is 26.3. The van der Waals surface area contributed by atoms with Gasteiger partial charge in [0.1, 0.15) is 17.0 Å². The number of methoxy groups -OCH3 is 1. The number of fused-ring (bicyclic) bond motifs is 2. The van der Waals surface area contributed by atoms with Crippen LogP contribution < -0.4 is 14.5 Å². The Balaban J connectivity index is 1.68. The first-order valence-electron chi connectivity index (χ1n) is 14.5. The van der Waals surface area contributed by atoms with Gasteiger partial charge in [0.05, 0.1) is 36.3 Å². The van der Waals surface area contributed by atoms with Gasteiger partial charge in [0, 0.05) is 18.1 Å². The molecule has 0 saturated heterocycles. The van der Waals surface area contributed by atoms with Gasteiger partial charge in [-0.1, -0.05) is 35.9 Å². The summed E-state index contributed by atoms with van der Waals surface area (Å²) in [4.78, 5) is 45.0. The Morgan fingerprint density at radius 3 is 2.00 bits per heavy atom. The summed E-state index contributed by atoms with van der Waals surface area (Å²) in [5.41, 5.74) is 1.95. The zero-order chi connectivity index (χ0) is 32.2. The largest absolute Gasteiger partial charge is 0.497 e. The van der Waals surface area contributed by atoms with Gasteiger partial charge in [-0.3, -0.25) is 4.79 Å². The average Bonchev–Trinajstić information content (AvgIpc) is 3.02. The molecule has 0 spiro atoms. The lowest BCUT2D eigenvalue weighted by atomic mass is 10.1. The minimum atomic E-state index is -0.801. The summed E-state index contributed by atoms with van der Waals surface area (Å²) in [5.74, 6) is 0.568. The normalized spacial score (nSPS) is 13.0. The Labute approximate surface area is 264 Å². The maximum atomic E-state index is 14.1. The molecule has 0 unspecified atom stereocenters. The number of carbonyl (C=O) groups excluding carboxylic acids is 3. The third-order valence-electron chi connectivity index (χ3n) is 6.68. The second-order valence-electron chi connectivity index (χ2n) is 12.5. The van der Waals surface area contributed by atoms with Gasteiger partial charge in [-0.15, -0.1) is 0 Å². The third-order valence-corrected chi connectivity index (χ3v) is 6.92. The number of carbonyl (C=O) groups is 3. The summed E-state index contributed by atoms with van der Waals surface area (Å²) in [6.07, 6.45) is -1.22. The van der Waals surface area contributed by atoms with Crippen molar-refractivity contribution in [2.45, 2.75) is 65.7 Å². The van der Waals surface area contributed by atoms with E-state index in [1.807, 2.05) is 59.5 Å². The highest BCUT2D eigenvalue weighted by Crippen LogP contribution is 2.42. The summed E-state index contributed by atoms with van der Waals surface area (Å²) >= 11 is 6.52. The molecule has 1 aliphatic heterocycles. The molecule has 0 bridgehead atoms. The smallest absolute Gasteiger partial charge is 0.419 e. The second kappa shape index (κ2) is 13.2. The highest BCUT2D eigenvalue weighted by molar-refractivity contribution is 6.31. The van der Waals surface area contributed by atoms with Gasteiger partial charge in [0.15, 0.2) is 0 Å². The third kappa shape index (κ3) is 8.02. The lowest BCUT2D eigenvalue weighted by molar-refractivity contribution is 0.00139. The molecular weight excluding hydrogens is 582 g/mol. The topological polar surface area (TPSA) is 88.6 Å². The zero-order valence-corrected chi connectivity index (χ0v) is 27.1. The molecule has 9 nitrogen and oxygen atoms in total. The van der Waals surface area contributed by atoms with Crippen molar-refractivity contribution in [1.82, 2.24) is 4.90 Å². The van der Waals surface area contributed by atoms with Crippen molar-refractivity contribution >= 4 is 46.8 Å². The van der Waals surface area contributed by atoms with E-state index >= 15 is 0 Å². The quantitative estimate of drug-likeness (QED) is 0.263. The fraction of sp³-hybridized carbons (Fsp3) is 0.382. The van der Waals surface area contributed by atoms with E-state index in [4.69, 9.17) is 25.8 Å². The van der Waals surface area contributed by atoms with Crippen LogP contribution in [0.25, 0.3) is 0 Å². The molecule has 1 aliphatic rings. The molecule has 44 heavy (non-hydrogen) atoms. The number of benzene rings is 3. The van der Waals surface area contributed by atoms with Crippen LogP contribution in [0.3, 0.4) is 0 Å². The first kappa shape index (κ1) is 32.7. The highest BCUT2D eigenvalue weighted by atomic mass is 35.5. The number of nitrogens with zero attached hydrogens (tertiary/aromatic N) is 3. The SMILES string of the molecule is COc1ccc(CN2C(=O)c3ccccc3N(CCCN(C(=O)OC(C)(C)C)C(=O)OC(C)(C)C)c3cc(Cl)ccc32)cc1. The molecule has 0 N–H and O–H groups in total. The van der Waals surface area contributed by atoms with Gasteiger partial charge < -0.3 is 24.0 Å². The van der Waals surface area contributed by atoms with Crippen LogP contribution in [0, 0.1) is 0 Å². The first-order chi connectivity index (χ1) is 20.7. The maximum Gasteiger partial charge on any atom is 0.419 e. The van der Waals surface area contributed by atoms with E-state index in [2.05, 4.69) is 0 Å². The molecule has 3 aromatic carbocycles.